The van der Waals surface area contributed by atoms with Crippen LogP contribution in [0.4, 0.5) is 0 Å². The highest BCUT2D eigenvalue weighted by Gasteiger charge is 2.16. The third-order valence-electron chi connectivity index (χ3n) is 3.13. The zero-order valence-electron chi connectivity index (χ0n) is 11.1. The van der Waals surface area contributed by atoms with Gasteiger partial charge in [0.05, 0.1) is 17.6 Å². The van der Waals surface area contributed by atoms with Gasteiger partial charge in [-0.2, -0.15) is 0 Å². The Hall–Kier alpha value is -0.620. The fourth-order valence-electron chi connectivity index (χ4n) is 2.04. The van der Waals surface area contributed by atoms with Gasteiger partial charge in [-0.1, -0.05) is 11.6 Å². The van der Waals surface area contributed by atoms with E-state index in [0.717, 1.165) is 30.5 Å². The van der Waals surface area contributed by atoms with Gasteiger partial charge in [0.25, 0.3) is 0 Å². The largest absolute Gasteiger partial charge is 0.378 e. The minimum absolute atomic E-state index is 0.222. The monoisotopic (exact) mass is 302 g/mol. The molecule has 0 spiro atoms. The summed E-state index contributed by atoms with van der Waals surface area (Å²) < 4.78 is 6.05. The summed E-state index contributed by atoms with van der Waals surface area (Å²) in [5.74, 6) is 0.222. The highest BCUT2D eigenvalue weighted by atomic mass is 35.5. The molecular weight excluding hydrogens is 284 g/mol. The van der Waals surface area contributed by atoms with E-state index in [2.05, 4.69) is 4.90 Å². The van der Waals surface area contributed by atoms with Crippen LogP contribution in [0.15, 0.2) is 12.1 Å². The first-order valence-electron chi connectivity index (χ1n) is 6.43. The van der Waals surface area contributed by atoms with Crippen LogP contribution in [-0.2, 0) is 16.1 Å². The predicted octanol–water partition coefficient (Wildman–Crippen LogP) is 2.08. The Bertz CT molecular complexity index is 419. The summed E-state index contributed by atoms with van der Waals surface area (Å²) in [4.78, 5) is 17.3. The van der Waals surface area contributed by atoms with Gasteiger partial charge >= 0.3 is 0 Å². The quantitative estimate of drug-likeness (QED) is 0.835. The van der Waals surface area contributed by atoms with Gasteiger partial charge < -0.3 is 14.5 Å². The number of hydrogen-bond acceptors (Lipinski definition) is 4. The van der Waals surface area contributed by atoms with Gasteiger partial charge in [-0.05, 0) is 19.2 Å². The van der Waals surface area contributed by atoms with E-state index in [4.69, 9.17) is 16.3 Å². The third-order valence-corrected chi connectivity index (χ3v) is 4.34. The Morgan fingerprint density at radius 1 is 1.47 bits per heavy atom. The topological polar surface area (TPSA) is 32.8 Å². The maximum Gasteiger partial charge on any atom is 0.224 e. The third kappa shape index (κ3) is 4.76. The molecule has 19 heavy (non-hydrogen) atoms. The highest BCUT2D eigenvalue weighted by Crippen LogP contribution is 2.22. The van der Waals surface area contributed by atoms with Gasteiger partial charge in [0.2, 0.25) is 5.91 Å². The lowest BCUT2D eigenvalue weighted by molar-refractivity contribution is -0.135. The molecule has 0 aliphatic carbocycles. The molecule has 2 rings (SSSR count). The summed E-state index contributed by atoms with van der Waals surface area (Å²) in [5, 5.41) is 0. The van der Waals surface area contributed by atoms with E-state index >= 15 is 0 Å². The number of halogens is 1. The van der Waals surface area contributed by atoms with Crippen LogP contribution in [0.1, 0.15) is 11.3 Å². The Morgan fingerprint density at radius 2 is 2.21 bits per heavy atom. The lowest BCUT2D eigenvalue weighted by Crippen LogP contribution is -2.41. The molecule has 0 unspecified atom stereocenters. The van der Waals surface area contributed by atoms with E-state index in [1.54, 1.807) is 11.3 Å². The molecule has 1 aliphatic rings. The lowest BCUT2D eigenvalue weighted by atomic mass is 10.3. The molecule has 0 atom stereocenters. The molecular formula is C13H19ClN2O2S. The maximum atomic E-state index is 12.0. The molecule has 0 saturated carbocycles. The summed E-state index contributed by atoms with van der Waals surface area (Å²) >= 11 is 7.49. The van der Waals surface area contributed by atoms with Crippen molar-refractivity contribution < 1.29 is 9.53 Å². The van der Waals surface area contributed by atoms with Gasteiger partial charge in [0, 0.05) is 37.5 Å². The van der Waals surface area contributed by atoms with Crippen LogP contribution in [0.5, 0.6) is 0 Å². The predicted molar refractivity (Wildman–Crippen MR) is 77.7 cm³/mol. The molecule has 1 aliphatic heterocycles. The van der Waals surface area contributed by atoms with Crippen LogP contribution in [0.25, 0.3) is 0 Å². The fraction of sp³-hybridized carbons (Fsp3) is 0.615. The van der Waals surface area contributed by atoms with Crippen LogP contribution in [0.2, 0.25) is 4.34 Å². The Labute approximate surface area is 122 Å². The maximum absolute atomic E-state index is 12.0. The first-order valence-corrected chi connectivity index (χ1v) is 7.63. The smallest absolute Gasteiger partial charge is 0.224 e. The molecule has 1 saturated heterocycles. The van der Waals surface area contributed by atoms with Crippen molar-refractivity contribution in [1.29, 1.82) is 0 Å². The van der Waals surface area contributed by atoms with Crippen molar-refractivity contribution in [3.8, 4) is 0 Å². The van der Waals surface area contributed by atoms with Crippen LogP contribution in [-0.4, -0.2) is 55.6 Å². The van der Waals surface area contributed by atoms with E-state index in [1.165, 1.54) is 4.88 Å². The fourth-order valence-corrected chi connectivity index (χ4v) is 3.21. The van der Waals surface area contributed by atoms with Gasteiger partial charge in [0.1, 0.15) is 0 Å². The van der Waals surface area contributed by atoms with Crippen LogP contribution in [0.3, 0.4) is 0 Å². The zero-order valence-corrected chi connectivity index (χ0v) is 12.7. The molecule has 0 radical (unpaired) electrons. The summed E-state index contributed by atoms with van der Waals surface area (Å²) in [5.41, 5.74) is 0. The molecule has 1 fully saturated rings. The summed E-state index contributed by atoms with van der Waals surface area (Å²) in [6, 6.07) is 3.95. The van der Waals surface area contributed by atoms with Crippen molar-refractivity contribution in [3.63, 3.8) is 0 Å². The summed E-state index contributed by atoms with van der Waals surface area (Å²) in [7, 11) is 2.03. The number of amides is 1. The molecule has 0 N–H and O–H groups in total. The molecule has 1 aromatic rings. The van der Waals surface area contributed by atoms with Crippen molar-refractivity contribution in [1.82, 2.24) is 9.80 Å². The number of carbonyl (C=O) groups is 1. The average Bonchev–Trinajstić information content (AvgIpc) is 2.82. The van der Waals surface area contributed by atoms with Crippen molar-refractivity contribution in [2.45, 2.75) is 13.0 Å². The first-order chi connectivity index (χ1) is 9.15. The number of thiophene rings is 1. The number of nitrogens with zero attached hydrogens (tertiary/aromatic N) is 2. The van der Waals surface area contributed by atoms with E-state index in [1.807, 2.05) is 24.1 Å². The molecule has 0 bridgehead atoms. The molecule has 1 amide bonds. The summed E-state index contributed by atoms with van der Waals surface area (Å²) in [6.45, 7) is 4.39. The van der Waals surface area contributed by atoms with E-state index in [-0.39, 0.29) is 5.91 Å². The Balaban J connectivity index is 1.70. The SMILES string of the molecule is CN(CCC(=O)N1CCOCC1)Cc1ccc(Cl)s1. The number of ether oxygens (including phenoxy) is 1. The molecule has 1 aromatic heterocycles. The second-order valence-corrected chi connectivity index (χ2v) is 6.49. The molecule has 4 nitrogen and oxygen atoms in total. The number of rotatable bonds is 5. The van der Waals surface area contributed by atoms with E-state index < -0.39 is 0 Å². The van der Waals surface area contributed by atoms with Gasteiger partial charge in [-0.15, -0.1) is 11.3 Å². The van der Waals surface area contributed by atoms with Crippen molar-refractivity contribution in [3.05, 3.63) is 21.3 Å². The minimum atomic E-state index is 0.222. The molecule has 0 aromatic carbocycles. The first kappa shape index (κ1) is 14.8. The second kappa shape index (κ2) is 7.24. The average molecular weight is 303 g/mol. The normalized spacial score (nSPS) is 16.1. The Morgan fingerprint density at radius 3 is 2.84 bits per heavy atom. The van der Waals surface area contributed by atoms with E-state index in [0.29, 0.717) is 19.6 Å². The van der Waals surface area contributed by atoms with Gasteiger partial charge in [0.15, 0.2) is 0 Å². The van der Waals surface area contributed by atoms with Gasteiger partial charge in [-0.25, -0.2) is 0 Å². The number of morpholine rings is 1. The minimum Gasteiger partial charge on any atom is -0.378 e. The zero-order chi connectivity index (χ0) is 13.7. The van der Waals surface area contributed by atoms with E-state index in [9.17, 15) is 4.79 Å². The highest BCUT2D eigenvalue weighted by molar-refractivity contribution is 7.16. The van der Waals surface area contributed by atoms with Crippen molar-refractivity contribution in [2.24, 2.45) is 0 Å². The number of hydrogen-bond donors (Lipinski definition) is 0. The van der Waals surface area contributed by atoms with Crippen LogP contribution in [0, 0.1) is 0 Å². The van der Waals surface area contributed by atoms with Crippen LogP contribution < -0.4 is 0 Å². The molecule has 106 valence electrons. The van der Waals surface area contributed by atoms with Crippen LogP contribution >= 0.6 is 22.9 Å². The Kier molecular flexibility index (Phi) is 5.63. The lowest BCUT2D eigenvalue weighted by Gasteiger charge is -2.27. The standard InChI is InChI=1S/C13H19ClN2O2S/c1-15(10-11-2-3-12(14)19-11)5-4-13(17)16-6-8-18-9-7-16/h2-3H,4-10H2,1H3. The second-order valence-electron chi connectivity index (χ2n) is 4.69. The summed E-state index contributed by atoms with van der Waals surface area (Å²) in [6.07, 6.45) is 0.565. The van der Waals surface area contributed by atoms with Crippen molar-refractivity contribution in [2.75, 3.05) is 39.9 Å². The van der Waals surface area contributed by atoms with Gasteiger partial charge in [-0.3, -0.25) is 4.79 Å². The van der Waals surface area contributed by atoms with Crippen molar-refractivity contribution >= 4 is 28.8 Å². The molecule has 6 heteroatoms. The molecule has 2 heterocycles. The number of carbonyl (C=O) groups excluding carboxylic acids is 1.